The van der Waals surface area contributed by atoms with Crippen molar-refractivity contribution in [3.8, 4) is 0 Å². The highest BCUT2D eigenvalue weighted by Crippen LogP contribution is 2.42. The van der Waals surface area contributed by atoms with Crippen LogP contribution >= 0.6 is 11.3 Å². The monoisotopic (exact) mass is 392 g/mol. The van der Waals surface area contributed by atoms with Gasteiger partial charge in [0, 0.05) is 32.1 Å². The summed E-state index contributed by atoms with van der Waals surface area (Å²) < 4.78 is 0. The van der Waals surface area contributed by atoms with Gasteiger partial charge in [-0.3, -0.25) is 9.59 Å². The average Bonchev–Trinajstić information content (AvgIpc) is 3.16. The van der Waals surface area contributed by atoms with Crippen LogP contribution in [0.4, 0.5) is 5.13 Å². The summed E-state index contributed by atoms with van der Waals surface area (Å²) in [5.74, 6) is 1.10. The number of hydrogen-bond donors (Lipinski definition) is 1. The standard InChI is InChI=1S/C18H28N6O2S/c1-22(2)10-16(25)19-7-15-13-6-12(14-4-3-5-17(26)24(14)15)8-23(9-13)18-21-20-11-27-18/h11-15H,3-10H2,1-2H3,(H,19,25)/t12-,13+,14+,15+/m1/s1. The topological polar surface area (TPSA) is 81.7 Å². The summed E-state index contributed by atoms with van der Waals surface area (Å²) >= 11 is 1.57. The van der Waals surface area contributed by atoms with E-state index in [1.165, 1.54) is 0 Å². The quantitative estimate of drug-likeness (QED) is 0.782. The fraction of sp³-hybridized carbons (Fsp3) is 0.778. The molecule has 1 aromatic heterocycles. The summed E-state index contributed by atoms with van der Waals surface area (Å²) in [7, 11) is 3.77. The Morgan fingerprint density at radius 2 is 2.19 bits per heavy atom. The molecule has 0 saturated carbocycles. The van der Waals surface area contributed by atoms with Crippen molar-refractivity contribution >= 4 is 28.3 Å². The molecule has 3 aliphatic rings. The van der Waals surface area contributed by atoms with Crippen LogP contribution in [0.5, 0.6) is 0 Å². The highest BCUT2D eigenvalue weighted by atomic mass is 32.1. The Morgan fingerprint density at radius 1 is 1.37 bits per heavy atom. The summed E-state index contributed by atoms with van der Waals surface area (Å²) in [6, 6.07) is 0.356. The largest absolute Gasteiger partial charge is 0.353 e. The van der Waals surface area contributed by atoms with Gasteiger partial charge in [-0.1, -0.05) is 11.3 Å². The minimum absolute atomic E-state index is 0.0138. The average molecular weight is 393 g/mol. The molecule has 0 aliphatic carbocycles. The predicted molar refractivity (Wildman–Crippen MR) is 104 cm³/mol. The van der Waals surface area contributed by atoms with Gasteiger partial charge < -0.3 is 20.0 Å². The lowest BCUT2D eigenvalue weighted by atomic mass is 9.72. The van der Waals surface area contributed by atoms with Gasteiger partial charge in [0.1, 0.15) is 5.51 Å². The molecule has 2 bridgehead atoms. The molecule has 4 atom stereocenters. The molecule has 0 unspecified atom stereocenters. The molecule has 0 aromatic carbocycles. The van der Waals surface area contributed by atoms with Gasteiger partial charge in [-0.15, -0.1) is 10.2 Å². The van der Waals surface area contributed by atoms with Crippen molar-refractivity contribution in [3.63, 3.8) is 0 Å². The van der Waals surface area contributed by atoms with Crippen LogP contribution in [0.25, 0.3) is 0 Å². The van der Waals surface area contributed by atoms with E-state index in [0.717, 1.165) is 37.5 Å². The van der Waals surface area contributed by atoms with Crippen molar-refractivity contribution in [3.05, 3.63) is 5.51 Å². The van der Waals surface area contributed by atoms with Crippen molar-refractivity contribution in [1.82, 2.24) is 25.3 Å². The van der Waals surface area contributed by atoms with Gasteiger partial charge in [-0.2, -0.15) is 0 Å². The van der Waals surface area contributed by atoms with Gasteiger partial charge in [0.15, 0.2) is 0 Å². The first kappa shape index (κ1) is 18.6. The van der Waals surface area contributed by atoms with Gasteiger partial charge >= 0.3 is 0 Å². The Morgan fingerprint density at radius 3 is 2.93 bits per heavy atom. The van der Waals surface area contributed by atoms with E-state index in [-0.39, 0.29) is 23.9 Å². The number of rotatable bonds is 5. The van der Waals surface area contributed by atoms with E-state index >= 15 is 0 Å². The summed E-state index contributed by atoms with van der Waals surface area (Å²) in [6.45, 7) is 2.72. The highest BCUT2D eigenvalue weighted by Gasteiger charge is 2.49. The van der Waals surface area contributed by atoms with E-state index < -0.39 is 0 Å². The van der Waals surface area contributed by atoms with Crippen LogP contribution in [0.1, 0.15) is 25.7 Å². The number of fused-ring (bicyclic) bond motifs is 4. The predicted octanol–water partition coefficient (Wildman–Crippen LogP) is 0.422. The molecular formula is C18H28N6O2S. The van der Waals surface area contributed by atoms with Crippen LogP contribution in [0.15, 0.2) is 5.51 Å². The van der Waals surface area contributed by atoms with E-state index in [0.29, 0.717) is 31.3 Å². The van der Waals surface area contributed by atoms with Crippen LogP contribution in [0.2, 0.25) is 0 Å². The number of hydrogen-bond acceptors (Lipinski definition) is 7. The fourth-order valence-electron chi connectivity index (χ4n) is 5.06. The molecule has 3 fully saturated rings. The van der Waals surface area contributed by atoms with Gasteiger partial charge in [0.25, 0.3) is 0 Å². The van der Waals surface area contributed by atoms with Crippen LogP contribution in [0.3, 0.4) is 0 Å². The number of likely N-dealkylation sites (N-methyl/N-ethyl adjacent to an activating group) is 1. The van der Waals surface area contributed by atoms with Gasteiger partial charge in [-0.25, -0.2) is 0 Å². The number of anilines is 1. The SMILES string of the molecule is CN(C)CC(=O)NC[C@H]1[C@H]2C[C@H](CN(c3nncs3)C2)[C@@H]2CCCC(=O)N21. The molecule has 27 heavy (non-hydrogen) atoms. The second kappa shape index (κ2) is 7.71. The minimum Gasteiger partial charge on any atom is -0.353 e. The van der Waals surface area contributed by atoms with E-state index in [2.05, 4.69) is 25.3 Å². The Hall–Kier alpha value is -1.74. The van der Waals surface area contributed by atoms with E-state index in [9.17, 15) is 9.59 Å². The molecule has 2 amide bonds. The second-order valence-electron chi connectivity index (χ2n) is 8.25. The van der Waals surface area contributed by atoms with Crippen molar-refractivity contribution in [1.29, 1.82) is 0 Å². The van der Waals surface area contributed by atoms with Crippen molar-refractivity contribution < 1.29 is 9.59 Å². The van der Waals surface area contributed by atoms with Gasteiger partial charge in [0.2, 0.25) is 16.9 Å². The van der Waals surface area contributed by atoms with Crippen molar-refractivity contribution in [2.45, 2.75) is 37.8 Å². The van der Waals surface area contributed by atoms with Crippen LogP contribution in [-0.2, 0) is 9.59 Å². The number of aromatic nitrogens is 2. The maximum absolute atomic E-state index is 12.8. The molecule has 9 heteroatoms. The van der Waals surface area contributed by atoms with Crippen molar-refractivity contribution in [2.75, 3.05) is 45.2 Å². The zero-order valence-electron chi connectivity index (χ0n) is 16.0. The first-order valence-corrected chi connectivity index (χ1v) is 10.6. The Kier molecular flexibility index (Phi) is 5.32. The molecule has 1 N–H and O–H groups in total. The molecule has 148 valence electrons. The van der Waals surface area contributed by atoms with Gasteiger partial charge in [0.05, 0.1) is 12.6 Å². The molecule has 8 nitrogen and oxygen atoms in total. The number of nitrogens with one attached hydrogen (secondary N) is 1. The van der Waals surface area contributed by atoms with E-state index in [1.807, 2.05) is 19.0 Å². The summed E-state index contributed by atoms with van der Waals surface area (Å²) in [6.07, 6.45) is 3.80. The molecule has 3 aliphatic heterocycles. The minimum atomic E-state index is 0.0138. The third-order valence-electron chi connectivity index (χ3n) is 6.08. The number of carbonyl (C=O) groups excluding carboxylic acids is 2. The first-order valence-electron chi connectivity index (χ1n) is 9.76. The third-order valence-corrected chi connectivity index (χ3v) is 6.83. The van der Waals surface area contributed by atoms with Crippen LogP contribution in [0, 0.1) is 11.8 Å². The molecule has 0 spiro atoms. The summed E-state index contributed by atoms with van der Waals surface area (Å²) in [5.41, 5.74) is 1.77. The Labute approximate surface area is 163 Å². The second-order valence-corrected chi connectivity index (χ2v) is 9.06. The lowest BCUT2D eigenvalue weighted by Crippen LogP contribution is -2.67. The maximum Gasteiger partial charge on any atom is 0.234 e. The summed E-state index contributed by atoms with van der Waals surface area (Å²) in [4.78, 5) is 31.3. The van der Waals surface area contributed by atoms with Crippen LogP contribution < -0.4 is 10.2 Å². The lowest BCUT2D eigenvalue weighted by Gasteiger charge is -2.56. The number of piperidine rings is 3. The van der Waals surface area contributed by atoms with Crippen molar-refractivity contribution in [2.24, 2.45) is 11.8 Å². The highest BCUT2D eigenvalue weighted by molar-refractivity contribution is 7.13. The number of carbonyl (C=O) groups is 2. The Bertz CT molecular complexity index is 681. The number of amides is 2. The van der Waals surface area contributed by atoms with Crippen LogP contribution in [-0.4, -0.2) is 84.2 Å². The molecular weight excluding hydrogens is 364 g/mol. The third kappa shape index (κ3) is 3.80. The molecule has 4 heterocycles. The maximum atomic E-state index is 12.8. The van der Waals surface area contributed by atoms with E-state index in [1.54, 1.807) is 16.8 Å². The zero-order valence-corrected chi connectivity index (χ0v) is 16.8. The van der Waals surface area contributed by atoms with E-state index in [4.69, 9.17) is 0 Å². The number of nitrogens with zero attached hydrogens (tertiary/aromatic N) is 5. The Balaban J connectivity index is 1.53. The van der Waals surface area contributed by atoms with Gasteiger partial charge in [-0.05, 0) is 45.2 Å². The summed E-state index contributed by atoms with van der Waals surface area (Å²) in [5, 5.41) is 12.3. The fourth-order valence-corrected chi connectivity index (χ4v) is 5.64. The molecule has 4 rings (SSSR count). The first-order chi connectivity index (χ1) is 13.0. The molecule has 0 radical (unpaired) electrons. The zero-order chi connectivity index (χ0) is 19.0. The lowest BCUT2D eigenvalue weighted by molar-refractivity contribution is -0.149. The molecule has 3 saturated heterocycles. The normalized spacial score (nSPS) is 30.4. The molecule has 1 aromatic rings. The smallest absolute Gasteiger partial charge is 0.234 e.